The van der Waals surface area contributed by atoms with Crippen LogP contribution in [0.4, 0.5) is 17.6 Å². The third kappa shape index (κ3) is 2.44. The van der Waals surface area contributed by atoms with Crippen LogP contribution in [0.15, 0.2) is 42.5 Å². The molecule has 108 valence electrons. The summed E-state index contributed by atoms with van der Waals surface area (Å²) in [6, 6.07) is 8.89. The molecule has 0 fully saturated rings. The third-order valence-corrected chi connectivity index (χ3v) is 3.38. The van der Waals surface area contributed by atoms with E-state index in [1.165, 1.54) is 30.3 Å². The zero-order chi connectivity index (χ0) is 15.2. The second-order valence-electron chi connectivity index (χ2n) is 4.47. The molecule has 3 rings (SSSR count). The van der Waals surface area contributed by atoms with E-state index in [1.807, 2.05) is 0 Å². The average molecular weight is 312 g/mol. The smallest absolute Gasteiger partial charge is 0.330 e. The molecule has 1 aromatic heterocycles. The van der Waals surface area contributed by atoms with Gasteiger partial charge < -0.3 is 4.98 Å². The van der Waals surface area contributed by atoms with Crippen LogP contribution in [0.1, 0.15) is 5.56 Å². The number of hydrogen-bond donors (Lipinski definition) is 1. The first-order valence-electron chi connectivity index (χ1n) is 5.94. The summed E-state index contributed by atoms with van der Waals surface area (Å²) in [6.45, 7) is 0. The fraction of sp³-hybridized carbons (Fsp3) is 0.0714. The van der Waals surface area contributed by atoms with Crippen molar-refractivity contribution in [2.45, 2.75) is 6.18 Å². The van der Waals surface area contributed by atoms with Gasteiger partial charge in [-0.1, -0.05) is 0 Å². The van der Waals surface area contributed by atoms with Crippen LogP contribution in [0.25, 0.3) is 16.7 Å². The molecule has 0 saturated heterocycles. The van der Waals surface area contributed by atoms with Crippen LogP contribution < -0.4 is 0 Å². The molecular weight excluding hydrogens is 304 g/mol. The Balaban J connectivity index is 2.23. The molecule has 0 aliphatic rings. The number of rotatable bonds is 1. The molecule has 21 heavy (non-hydrogen) atoms. The molecule has 0 bridgehead atoms. The van der Waals surface area contributed by atoms with Crippen LogP contribution in [0.5, 0.6) is 0 Å². The molecule has 2 nitrogen and oxygen atoms in total. The molecule has 0 aliphatic carbocycles. The van der Waals surface area contributed by atoms with Crippen molar-refractivity contribution < 1.29 is 17.6 Å². The summed E-state index contributed by atoms with van der Waals surface area (Å²) in [5.74, 6) is -0.399. The lowest BCUT2D eigenvalue weighted by molar-refractivity contribution is -0.137. The van der Waals surface area contributed by atoms with E-state index in [4.69, 9.17) is 12.2 Å². The summed E-state index contributed by atoms with van der Waals surface area (Å²) >= 11 is 5.14. The number of hydrogen-bond acceptors (Lipinski definition) is 1. The van der Waals surface area contributed by atoms with E-state index in [0.29, 0.717) is 11.2 Å². The fourth-order valence-electron chi connectivity index (χ4n) is 2.13. The predicted octanol–water partition coefficient (Wildman–Crippen LogP) is 4.85. The highest BCUT2D eigenvalue weighted by Gasteiger charge is 2.30. The van der Waals surface area contributed by atoms with E-state index in [-0.39, 0.29) is 10.3 Å². The molecule has 1 N–H and O–H groups in total. The van der Waals surface area contributed by atoms with Gasteiger partial charge in [-0.3, -0.25) is 4.57 Å². The van der Waals surface area contributed by atoms with Gasteiger partial charge in [0.2, 0.25) is 0 Å². The van der Waals surface area contributed by atoms with Crippen LogP contribution in [0.2, 0.25) is 0 Å². The highest BCUT2D eigenvalue weighted by molar-refractivity contribution is 7.71. The van der Waals surface area contributed by atoms with Gasteiger partial charge in [-0.25, -0.2) is 4.39 Å². The number of H-pyrrole nitrogens is 1. The second-order valence-corrected chi connectivity index (χ2v) is 4.86. The van der Waals surface area contributed by atoms with Gasteiger partial charge in [-0.2, -0.15) is 13.2 Å². The Morgan fingerprint density at radius 3 is 2.29 bits per heavy atom. The molecule has 0 atom stereocenters. The summed E-state index contributed by atoms with van der Waals surface area (Å²) in [4.78, 5) is 2.74. The summed E-state index contributed by atoms with van der Waals surface area (Å²) in [7, 11) is 0. The molecule has 0 unspecified atom stereocenters. The summed E-state index contributed by atoms with van der Waals surface area (Å²) in [5.41, 5.74) is 0.601. The number of alkyl halides is 3. The first-order chi connectivity index (χ1) is 9.86. The zero-order valence-electron chi connectivity index (χ0n) is 10.4. The highest BCUT2D eigenvalue weighted by Crippen LogP contribution is 2.31. The number of imidazole rings is 1. The van der Waals surface area contributed by atoms with E-state index in [0.717, 1.165) is 12.1 Å². The molecule has 7 heteroatoms. The normalized spacial score (nSPS) is 12.0. The number of aromatic nitrogens is 2. The highest BCUT2D eigenvalue weighted by atomic mass is 32.1. The average Bonchev–Trinajstić information content (AvgIpc) is 2.74. The Kier molecular flexibility index (Phi) is 3.09. The number of benzene rings is 2. The van der Waals surface area contributed by atoms with Crippen molar-refractivity contribution >= 4 is 23.3 Å². The Bertz CT molecular complexity index is 859. The molecule has 0 saturated carbocycles. The quantitative estimate of drug-likeness (QED) is 0.503. The maximum atomic E-state index is 13.0. The molecule has 0 amide bonds. The topological polar surface area (TPSA) is 20.7 Å². The number of nitrogens with one attached hydrogen (secondary N) is 1. The minimum absolute atomic E-state index is 0.246. The van der Waals surface area contributed by atoms with E-state index >= 15 is 0 Å². The summed E-state index contributed by atoms with van der Waals surface area (Å²) in [6.07, 6.45) is -4.42. The van der Waals surface area contributed by atoms with Crippen LogP contribution in [0.3, 0.4) is 0 Å². The van der Waals surface area contributed by atoms with E-state index < -0.39 is 17.6 Å². The monoisotopic (exact) mass is 312 g/mol. The maximum Gasteiger partial charge on any atom is 0.416 e. The SMILES string of the molecule is Fc1ccc(-n2c(=S)[nH]c3cc(C(F)(F)F)ccc32)cc1. The Morgan fingerprint density at radius 2 is 1.67 bits per heavy atom. The van der Waals surface area contributed by atoms with Gasteiger partial charge in [-0.15, -0.1) is 0 Å². The van der Waals surface area contributed by atoms with Gasteiger partial charge >= 0.3 is 6.18 Å². The van der Waals surface area contributed by atoms with Gasteiger partial charge in [0.1, 0.15) is 5.82 Å². The number of aromatic amines is 1. The first kappa shape index (κ1) is 13.8. The number of fused-ring (bicyclic) bond motifs is 1. The maximum absolute atomic E-state index is 13.0. The van der Waals surface area contributed by atoms with Crippen molar-refractivity contribution in [1.29, 1.82) is 0 Å². The molecule has 1 heterocycles. The van der Waals surface area contributed by atoms with Gasteiger partial charge in [0.05, 0.1) is 16.6 Å². The molecule has 0 spiro atoms. The number of halogens is 4. The second kappa shape index (κ2) is 4.70. The number of nitrogens with zero attached hydrogens (tertiary/aromatic N) is 1. The van der Waals surface area contributed by atoms with Gasteiger partial charge in [0.15, 0.2) is 4.77 Å². The van der Waals surface area contributed by atoms with Gasteiger partial charge in [0.25, 0.3) is 0 Å². The van der Waals surface area contributed by atoms with E-state index in [1.54, 1.807) is 4.57 Å². The lowest BCUT2D eigenvalue weighted by Gasteiger charge is -2.07. The van der Waals surface area contributed by atoms with Crippen molar-refractivity contribution in [3.8, 4) is 5.69 Å². The third-order valence-electron chi connectivity index (χ3n) is 3.09. The van der Waals surface area contributed by atoms with Crippen molar-refractivity contribution in [3.63, 3.8) is 0 Å². The van der Waals surface area contributed by atoms with E-state index in [9.17, 15) is 17.6 Å². The lowest BCUT2D eigenvalue weighted by Crippen LogP contribution is -2.04. The van der Waals surface area contributed by atoms with Crippen molar-refractivity contribution in [2.75, 3.05) is 0 Å². The molecule has 0 radical (unpaired) electrons. The van der Waals surface area contributed by atoms with Crippen LogP contribution in [0, 0.1) is 10.6 Å². The first-order valence-corrected chi connectivity index (χ1v) is 6.35. The predicted molar refractivity (Wildman–Crippen MR) is 73.4 cm³/mol. The minimum atomic E-state index is -4.42. The molecule has 0 aliphatic heterocycles. The van der Waals surface area contributed by atoms with Crippen LogP contribution >= 0.6 is 12.2 Å². The zero-order valence-corrected chi connectivity index (χ0v) is 11.2. The Morgan fingerprint density at radius 1 is 1.00 bits per heavy atom. The Hall–Kier alpha value is -2.15. The Labute approximate surface area is 121 Å². The van der Waals surface area contributed by atoms with Crippen LogP contribution in [-0.4, -0.2) is 9.55 Å². The largest absolute Gasteiger partial charge is 0.416 e. The fourth-order valence-corrected chi connectivity index (χ4v) is 2.45. The minimum Gasteiger partial charge on any atom is -0.330 e. The lowest BCUT2D eigenvalue weighted by atomic mass is 10.2. The van der Waals surface area contributed by atoms with Crippen molar-refractivity contribution in [1.82, 2.24) is 9.55 Å². The van der Waals surface area contributed by atoms with Crippen molar-refractivity contribution in [2.24, 2.45) is 0 Å². The summed E-state index contributed by atoms with van der Waals surface area (Å²) < 4.78 is 52.9. The molecular formula is C14H8F4N2S. The van der Waals surface area contributed by atoms with Gasteiger partial charge in [0, 0.05) is 5.69 Å². The van der Waals surface area contributed by atoms with E-state index in [2.05, 4.69) is 4.98 Å². The van der Waals surface area contributed by atoms with Crippen molar-refractivity contribution in [3.05, 3.63) is 58.6 Å². The molecule has 3 aromatic rings. The summed E-state index contributed by atoms with van der Waals surface area (Å²) in [5, 5.41) is 0. The molecule has 2 aromatic carbocycles. The van der Waals surface area contributed by atoms with Crippen LogP contribution in [-0.2, 0) is 6.18 Å². The van der Waals surface area contributed by atoms with Gasteiger partial charge in [-0.05, 0) is 54.7 Å². The standard InChI is InChI=1S/C14H8F4N2S/c15-9-2-4-10(5-3-9)20-12-6-1-8(14(16,17)18)7-11(12)19-13(20)21/h1-7H,(H,19,21).